The third-order valence-electron chi connectivity index (χ3n) is 4.48. The summed E-state index contributed by atoms with van der Waals surface area (Å²) in [6.07, 6.45) is -0.0969. The molecule has 0 saturated carbocycles. The number of ether oxygens (including phenoxy) is 2. The summed E-state index contributed by atoms with van der Waals surface area (Å²) in [6.45, 7) is 6.89. The van der Waals surface area contributed by atoms with E-state index in [1.807, 2.05) is 36.1 Å². The van der Waals surface area contributed by atoms with Crippen molar-refractivity contribution in [3.05, 3.63) is 24.3 Å². The zero-order chi connectivity index (χ0) is 19.4. The third-order valence-corrected chi connectivity index (χ3v) is 7.01. The van der Waals surface area contributed by atoms with E-state index in [9.17, 15) is 8.42 Å². The minimum atomic E-state index is -3.08. The molecule has 0 aliphatic carbocycles. The summed E-state index contributed by atoms with van der Waals surface area (Å²) in [5, 5.41) is 3.28. The minimum Gasteiger partial charge on any atom is -0.497 e. The first-order chi connectivity index (χ1) is 12.2. The first kappa shape index (κ1) is 23.8. The van der Waals surface area contributed by atoms with Crippen molar-refractivity contribution in [3.63, 3.8) is 0 Å². The van der Waals surface area contributed by atoms with E-state index in [0.717, 1.165) is 11.5 Å². The molecule has 1 N–H and O–H groups in total. The van der Waals surface area contributed by atoms with Crippen LogP contribution in [-0.2, 0) is 9.84 Å². The van der Waals surface area contributed by atoms with Crippen molar-refractivity contribution in [3.8, 4) is 11.5 Å². The van der Waals surface area contributed by atoms with Gasteiger partial charge in [-0.1, -0.05) is 6.07 Å². The van der Waals surface area contributed by atoms with E-state index in [-0.39, 0.29) is 35.8 Å². The largest absolute Gasteiger partial charge is 0.497 e. The molecule has 1 aromatic rings. The van der Waals surface area contributed by atoms with Crippen LogP contribution in [0, 0.1) is 0 Å². The molecule has 1 saturated heterocycles. The van der Waals surface area contributed by atoms with E-state index in [1.54, 1.807) is 28.0 Å². The molecule has 1 fully saturated rings. The number of sulfone groups is 1. The van der Waals surface area contributed by atoms with Crippen molar-refractivity contribution < 1.29 is 17.9 Å². The maximum atomic E-state index is 12.2. The highest BCUT2D eigenvalue weighted by Gasteiger charge is 2.40. The van der Waals surface area contributed by atoms with Crippen LogP contribution in [0.5, 0.6) is 11.5 Å². The lowest BCUT2D eigenvalue weighted by atomic mass is 10.2. The average Bonchev–Trinajstić information content (AvgIpc) is 2.58. The molecule has 0 spiro atoms. The summed E-state index contributed by atoms with van der Waals surface area (Å²) in [4.78, 5) is 6.28. The van der Waals surface area contributed by atoms with Crippen LogP contribution < -0.4 is 14.8 Å². The predicted molar refractivity (Wildman–Crippen MR) is 119 cm³/mol. The molecule has 1 aliphatic rings. The maximum Gasteiger partial charge on any atom is 0.193 e. The van der Waals surface area contributed by atoms with Gasteiger partial charge in [-0.3, -0.25) is 4.99 Å². The van der Waals surface area contributed by atoms with Gasteiger partial charge < -0.3 is 19.7 Å². The quantitative estimate of drug-likeness (QED) is 0.371. The fraction of sp³-hybridized carbons (Fsp3) is 0.611. The summed E-state index contributed by atoms with van der Waals surface area (Å²) in [6, 6.07) is 7.46. The lowest BCUT2D eigenvalue weighted by molar-refractivity contribution is 0.220. The molecular weight excluding hydrogens is 481 g/mol. The van der Waals surface area contributed by atoms with Gasteiger partial charge in [0.25, 0.3) is 0 Å². The van der Waals surface area contributed by atoms with Gasteiger partial charge in [0.1, 0.15) is 17.6 Å². The molecule has 0 radical (unpaired) electrons. The summed E-state index contributed by atoms with van der Waals surface area (Å²) in [5.41, 5.74) is 0. The number of hydrogen-bond donors (Lipinski definition) is 1. The molecule has 0 aromatic heterocycles. The molecule has 27 heavy (non-hydrogen) atoms. The van der Waals surface area contributed by atoms with Crippen molar-refractivity contribution in [2.75, 3.05) is 39.5 Å². The Balaban J connectivity index is 0.00000364. The van der Waals surface area contributed by atoms with Gasteiger partial charge in [0.15, 0.2) is 15.8 Å². The lowest BCUT2D eigenvalue weighted by Crippen LogP contribution is -2.57. The molecule has 1 aromatic carbocycles. The zero-order valence-electron chi connectivity index (χ0n) is 16.6. The van der Waals surface area contributed by atoms with Crippen molar-refractivity contribution in [2.45, 2.75) is 31.6 Å². The zero-order valence-corrected chi connectivity index (χ0v) is 19.7. The van der Waals surface area contributed by atoms with E-state index < -0.39 is 14.6 Å². The summed E-state index contributed by atoms with van der Waals surface area (Å²) < 4.78 is 34.6. The topological polar surface area (TPSA) is 80.2 Å². The molecular formula is C18H30IN3O4S. The smallest absolute Gasteiger partial charge is 0.193 e. The fourth-order valence-electron chi connectivity index (χ4n) is 2.84. The highest BCUT2D eigenvalue weighted by molar-refractivity contribution is 14.0. The van der Waals surface area contributed by atoms with Gasteiger partial charge in [0.05, 0.1) is 24.2 Å². The van der Waals surface area contributed by atoms with Crippen molar-refractivity contribution >= 4 is 39.8 Å². The first-order valence-corrected chi connectivity index (χ1v) is 10.3. The van der Waals surface area contributed by atoms with Crippen LogP contribution in [0.25, 0.3) is 0 Å². The van der Waals surface area contributed by atoms with Crippen molar-refractivity contribution in [2.24, 2.45) is 4.99 Å². The number of nitrogens with zero attached hydrogens (tertiary/aromatic N) is 2. The summed E-state index contributed by atoms with van der Waals surface area (Å²) in [5.74, 6) is 2.31. The van der Waals surface area contributed by atoms with Crippen LogP contribution in [0.2, 0.25) is 0 Å². The van der Waals surface area contributed by atoms with Gasteiger partial charge in [-0.05, 0) is 32.9 Å². The average molecular weight is 511 g/mol. The number of nitrogens with one attached hydrogen (secondary N) is 1. The highest BCUT2D eigenvalue weighted by atomic mass is 127. The van der Waals surface area contributed by atoms with E-state index in [0.29, 0.717) is 25.6 Å². The Kier molecular flexibility index (Phi) is 8.65. The Labute approximate surface area is 179 Å². The molecule has 1 atom stereocenters. The van der Waals surface area contributed by atoms with Gasteiger partial charge in [-0.2, -0.15) is 0 Å². The standard InChI is InChI=1S/C18H29N3O4S.HI/c1-14(25-16-8-6-7-15(11-16)24-5)12-20-17(19-4)21-9-10-26(22,23)18(2,3)13-21;/h6-8,11,14H,9-10,12-13H2,1-5H3,(H,19,20);1H. The third kappa shape index (κ3) is 6.13. The molecule has 7 nitrogen and oxygen atoms in total. The second-order valence-electron chi connectivity index (χ2n) is 7.04. The Morgan fingerprint density at radius 3 is 2.63 bits per heavy atom. The number of rotatable bonds is 5. The van der Waals surface area contributed by atoms with Gasteiger partial charge in [0.2, 0.25) is 0 Å². The van der Waals surface area contributed by atoms with Crippen LogP contribution in [0.1, 0.15) is 20.8 Å². The number of halogens is 1. The molecule has 1 heterocycles. The number of guanidine groups is 1. The molecule has 154 valence electrons. The summed E-state index contributed by atoms with van der Waals surface area (Å²) >= 11 is 0. The van der Waals surface area contributed by atoms with E-state index in [1.165, 1.54) is 0 Å². The second-order valence-corrected chi connectivity index (χ2v) is 9.78. The normalized spacial score (nSPS) is 19.6. The van der Waals surface area contributed by atoms with E-state index >= 15 is 0 Å². The number of hydrogen-bond acceptors (Lipinski definition) is 5. The Morgan fingerprint density at radius 2 is 2.04 bits per heavy atom. The SMILES string of the molecule is CN=C(NCC(C)Oc1cccc(OC)c1)N1CCS(=O)(=O)C(C)(C)C1.I. The van der Waals surface area contributed by atoms with Gasteiger partial charge >= 0.3 is 0 Å². The predicted octanol–water partition coefficient (Wildman–Crippen LogP) is 2.16. The van der Waals surface area contributed by atoms with Crippen LogP contribution in [0.15, 0.2) is 29.3 Å². The van der Waals surface area contributed by atoms with Crippen LogP contribution in [-0.4, -0.2) is 69.7 Å². The second kappa shape index (κ2) is 9.81. The van der Waals surface area contributed by atoms with Gasteiger partial charge in [-0.15, -0.1) is 24.0 Å². The maximum absolute atomic E-state index is 12.2. The van der Waals surface area contributed by atoms with Gasteiger partial charge in [-0.25, -0.2) is 8.42 Å². The Bertz CT molecular complexity index is 753. The summed E-state index contributed by atoms with van der Waals surface area (Å²) in [7, 11) is 0.245. The lowest BCUT2D eigenvalue weighted by Gasteiger charge is -2.39. The van der Waals surface area contributed by atoms with Gasteiger partial charge in [0, 0.05) is 26.2 Å². The number of benzene rings is 1. The van der Waals surface area contributed by atoms with Crippen molar-refractivity contribution in [1.29, 1.82) is 0 Å². The van der Waals surface area contributed by atoms with Crippen LogP contribution >= 0.6 is 24.0 Å². The van der Waals surface area contributed by atoms with E-state index in [2.05, 4.69) is 10.3 Å². The molecule has 9 heteroatoms. The molecule has 2 rings (SSSR count). The Morgan fingerprint density at radius 1 is 1.37 bits per heavy atom. The molecule has 1 aliphatic heterocycles. The number of methoxy groups -OCH3 is 1. The monoisotopic (exact) mass is 511 g/mol. The van der Waals surface area contributed by atoms with E-state index in [4.69, 9.17) is 9.47 Å². The highest BCUT2D eigenvalue weighted by Crippen LogP contribution is 2.24. The minimum absolute atomic E-state index is 0. The molecule has 0 amide bonds. The Hall–Kier alpha value is -1.23. The molecule has 0 bridgehead atoms. The molecule has 1 unspecified atom stereocenters. The van der Waals surface area contributed by atoms with Crippen LogP contribution in [0.4, 0.5) is 0 Å². The fourth-order valence-corrected chi connectivity index (χ4v) is 4.21. The van der Waals surface area contributed by atoms with Crippen LogP contribution in [0.3, 0.4) is 0 Å². The number of aliphatic imine (C=N–C) groups is 1. The van der Waals surface area contributed by atoms with Crippen molar-refractivity contribution in [1.82, 2.24) is 10.2 Å². The first-order valence-electron chi connectivity index (χ1n) is 8.67.